The Balaban J connectivity index is 3.63. The summed E-state index contributed by atoms with van der Waals surface area (Å²) in [6.07, 6.45) is 68.4. The first-order chi connectivity index (χ1) is 33.0. The van der Waals surface area contributed by atoms with E-state index in [1.54, 1.807) is 0 Å². The Bertz CT molecular complexity index is 1020. The maximum Gasteiger partial charge on any atom is 0.249 e. The van der Waals surface area contributed by atoms with Crippen LogP contribution in [0.2, 0.25) is 0 Å². The van der Waals surface area contributed by atoms with Crippen molar-refractivity contribution in [1.82, 2.24) is 5.32 Å². The minimum Gasteiger partial charge on any atom is -0.394 e. The molecule has 0 aliphatic rings. The van der Waals surface area contributed by atoms with Crippen LogP contribution in [-0.2, 0) is 4.79 Å². The number of unbranched alkanes of at least 4 members (excludes halogenated alkanes) is 43. The first kappa shape index (κ1) is 65.8. The van der Waals surface area contributed by atoms with Crippen LogP contribution in [0, 0.1) is 0 Å². The highest BCUT2D eigenvalue weighted by molar-refractivity contribution is 5.80. The number of nitrogens with one attached hydrogen (secondary N) is 1. The van der Waals surface area contributed by atoms with Gasteiger partial charge in [0.1, 0.15) is 12.2 Å². The number of rotatable bonds is 56. The van der Waals surface area contributed by atoms with E-state index in [9.17, 15) is 25.2 Å². The summed E-state index contributed by atoms with van der Waals surface area (Å²) in [5.74, 6) is -0.591. The normalized spacial score (nSPS) is 13.8. The summed E-state index contributed by atoms with van der Waals surface area (Å²) in [5.41, 5.74) is 0. The molecule has 0 spiro atoms. The quantitative estimate of drug-likeness (QED) is 0.0308. The molecule has 6 heteroatoms. The van der Waals surface area contributed by atoms with Gasteiger partial charge in [-0.05, 0) is 51.4 Å². The number of amides is 1. The average molecular weight is 947 g/mol. The Kier molecular flexibility index (Phi) is 54.7. The lowest BCUT2D eigenvalue weighted by Gasteiger charge is -2.27. The van der Waals surface area contributed by atoms with Crippen molar-refractivity contribution in [3.63, 3.8) is 0 Å². The molecule has 0 saturated heterocycles. The van der Waals surface area contributed by atoms with Gasteiger partial charge in [0.15, 0.2) is 0 Å². The highest BCUT2D eigenvalue weighted by Crippen LogP contribution is 2.18. The van der Waals surface area contributed by atoms with Gasteiger partial charge >= 0.3 is 0 Å². The second-order valence-corrected chi connectivity index (χ2v) is 21.0. The van der Waals surface area contributed by atoms with Crippen molar-refractivity contribution in [3.8, 4) is 0 Å². The predicted molar refractivity (Wildman–Crippen MR) is 293 cm³/mol. The van der Waals surface area contributed by atoms with Crippen LogP contribution in [-0.4, -0.2) is 57.3 Å². The van der Waals surface area contributed by atoms with E-state index >= 15 is 0 Å². The van der Waals surface area contributed by atoms with E-state index in [0.717, 1.165) is 38.5 Å². The topological polar surface area (TPSA) is 110 Å². The number of aliphatic hydroxyl groups is 4. The van der Waals surface area contributed by atoms with Crippen molar-refractivity contribution >= 4 is 5.91 Å². The van der Waals surface area contributed by atoms with E-state index in [-0.39, 0.29) is 0 Å². The molecular formula is C61H119NO5. The molecule has 398 valence electrons. The van der Waals surface area contributed by atoms with Crippen LogP contribution in [0.3, 0.4) is 0 Å². The number of hydrogen-bond donors (Lipinski definition) is 5. The van der Waals surface area contributed by atoms with Gasteiger partial charge in [-0.15, -0.1) is 0 Å². The maximum absolute atomic E-state index is 12.6. The Morgan fingerprint density at radius 1 is 0.358 bits per heavy atom. The van der Waals surface area contributed by atoms with E-state index < -0.39 is 36.9 Å². The van der Waals surface area contributed by atoms with Crippen molar-refractivity contribution < 1.29 is 25.2 Å². The van der Waals surface area contributed by atoms with E-state index in [0.29, 0.717) is 19.3 Å². The molecule has 0 fully saturated rings. The number of allylic oxidation sites excluding steroid dienone is 4. The smallest absolute Gasteiger partial charge is 0.249 e. The molecular weight excluding hydrogens is 827 g/mol. The van der Waals surface area contributed by atoms with E-state index in [2.05, 4.69) is 43.5 Å². The number of hydrogen-bond acceptors (Lipinski definition) is 5. The minimum absolute atomic E-state index is 0.365. The largest absolute Gasteiger partial charge is 0.394 e. The fraction of sp³-hybridized carbons (Fsp3) is 0.918. The standard InChI is InChI=1S/C61H119NO5/c1-3-5-7-9-11-13-15-17-19-21-23-25-27-29-31-33-35-37-39-41-43-45-47-49-51-53-55-59(65)61(67)62-57(56-63)60(66)58(64)54-52-50-48-46-44-42-40-38-36-34-32-30-28-26-24-22-20-18-16-14-12-10-8-6-4-2/h38,40,46,48,57-60,63-66H,3-37,39,41-45,47,49-56H2,1-2H3,(H,62,67)/b40-38+,48-46+. The molecule has 6 nitrogen and oxygen atoms in total. The Hall–Kier alpha value is -1.21. The lowest BCUT2D eigenvalue weighted by molar-refractivity contribution is -0.132. The zero-order valence-corrected chi connectivity index (χ0v) is 45.2. The molecule has 0 aromatic carbocycles. The van der Waals surface area contributed by atoms with E-state index in [4.69, 9.17) is 0 Å². The lowest BCUT2D eigenvalue weighted by atomic mass is 10.00. The summed E-state index contributed by atoms with van der Waals surface area (Å²) in [6.45, 7) is 4.08. The molecule has 0 aromatic heterocycles. The SMILES string of the molecule is CCCCCCCCCCCCCCCCCC/C=C/CC/C=C/CCCC(O)C(O)C(CO)NC(=O)C(O)CCCCCCCCCCCCCCCCCCCCCCCCCCCC. The molecule has 67 heavy (non-hydrogen) atoms. The van der Waals surface area contributed by atoms with Gasteiger partial charge in [-0.25, -0.2) is 0 Å². The van der Waals surface area contributed by atoms with Gasteiger partial charge < -0.3 is 25.7 Å². The second-order valence-electron chi connectivity index (χ2n) is 21.0. The first-order valence-electron chi connectivity index (χ1n) is 30.2. The monoisotopic (exact) mass is 946 g/mol. The Morgan fingerprint density at radius 3 is 0.940 bits per heavy atom. The van der Waals surface area contributed by atoms with Crippen LogP contribution in [0.1, 0.15) is 328 Å². The van der Waals surface area contributed by atoms with Gasteiger partial charge in [-0.1, -0.05) is 301 Å². The third-order valence-electron chi connectivity index (χ3n) is 14.4. The van der Waals surface area contributed by atoms with Crippen LogP contribution in [0.4, 0.5) is 0 Å². The maximum atomic E-state index is 12.6. The number of carbonyl (C=O) groups excluding carboxylic acids is 1. The predicted octanol–water partition coefficient (Wildman–Crippen LogP) is 17.8. The number of aliphatic hydroxyl groups excluding tert-OH is 4. The fourth-order valence-electron chi connectivity index (χ4n) is 9.66. The second kappa shape index (κ2) is 55.7. The lowest BCUT2D eigenvalue weighted by Crippen LogP contribution is -2.53. The fourth-order valence-corrected chi connectivity index (χ4v) is 9.66. The molecule has 4 unspecified atom stereocenters. The van der Waals surface area contributed by atoms with Crippen molar-refractivity contribution in [3.05, 3.63) is 24.3 Å². The van der Waals surface area contributed by atoms with Crippen molar-refractivity contribution in [2.75, 3.05) is 6.61 Å². The van der Waals surface area contributed by atoms with Crippen LogP contribution >= 0.6 is 0 Å². The molecule has 5 N–H and O–H groups in total. The Morgan fingerprint density at radius 2 is 0.627 bits per heavy atom. The van der Waals surface area contributed by atoms with Gasteiger partial charge in [0, 0.05) is 0 Å². The van der Waals surface area contributed by atoms with Crippen LogP contribution in [0.25, 0.3) is 0 Å². The summed E-state index contributed by atoms with van der Waals surface area (Å²) in [6, 6.07) is -1.01. The average Bonchev–Trinajstić information content (AvgIpc) is 3.33. The summed E-state index contributed by atoms with van der Waals surface area (Å²) in [7, 11) is 0. The van der Waals surface area contributed by atoms with Crippen LogP contribution in [0.15, 0.2) is 24.3 Å². The molecule has 1 amide bonds. The van der Waals surface area contributed by atoms with Gasteiger partial charge in [0.2, 0.25) is 5.91 Å². The van der Waals surface area contributed by atoms with Gasteiger partial charge in [-0.2, -0.15) is 0 Å². The molecule has 0 bridgehead atoms. The number of carbonyl (C=O) groups is 1. The molecule has 0 aliphatic heterocycles. The highest BCUT2D eigenvalue weighted by atomic mass is 16.3. The summed E-state index contributed by atoms with van der Waals surface area (Å²) >= 11 is 0. The molecule has 0 saturated carbocycles. The molecule has 0 aliphatic carbocycles. The van der Waals surface area contributed by atoms with Gasteiger partial charge in [-0.3, -0.25) is 4.79 Å². The van der Waals surface area contributed by atoms with Crippen LogP contribution < -0.4 is 5.32 Å². The van der Waals surface area contributed by atoms with Gasteiger partial charge in [0.25, 0.3) is 0 Å². The Labute approximate surface area is 418 Å². The summed E-state index contributed by atoms with van der Waals surface area (Å²) in [4.78, 5) is 12.6. The molecule has 4 atom stereocenters. The molecule has 0 heterocycles. The zero-order chi connectivity index (χ0) is 48.8. The van der Waals surface area contributed by atoms with E-state index in [1.807, 2.05) is 0 Å². The van der Waals surface area contributed by atoms with Crippen LogP contribution in [0.5, 0.6) is 0 Å². The zero-order valence-electron chi connectivity index (χ0n) is 45.2. The molecule has 0 aromatic rings. The van der Waals surface area contributed by atoms with Crippen molar-refractivity contribution in [2.45, 2.75) is 353 Å². The first-order valence-corrected chi connectivity index (χ1v) is 30.2. The highest BCUT2D eigenvalue weighted by Gasteiger charge is 2.28. The minimum atomic E-state index is -1.29. The van der Waals surface area contributed by atoms with Crippen molar-refractivity contribution in [1.29, 1.82) is 0 Å². The summed E-state index contributed by atoms with van der Waals surface area (Å²) in [5, 5.41) is 44.0. The molecule has 0 rings (SSSR count). The molecule has 0 radical (unpaired) electrons. The third-order valence-corrected chi connectivity index (χ3v) is 14.4. The summed E-state index contributed by atoms with van der Waals surface area (Å²) < 4.78 is 0. The van der Waals surface area contributed by atoms with Crippen molar-refractivity contribution in [2.24, 2.45) is 0 Å². The van der Waals surface area contributed by atoms with E-state index in [1.165, 1.54) is 257 Å². The third kappa shape index (κ3) is 49.6. The van der Waals surface area contributed by atoms with Gasteiger partial charge in [0.05, 0.1) is 18.8 Å².